The van der Waals surface area contributed by atoms with Gasteiger partial charge in [0.1, 0.15) is 0 Å². The Labute approximate surface area is 127 Å². The quantitative estimate of drug-likeness (QED) is 0.880. The van der Waals surface area contributed by atoms with E-state index in [0.29, 0.717) is 19.1 Å². The van der Waals surface area contributed by atoms with Crippen LogP contribution in [0.5, 0.6) is 0 Å². The molecule has 0 bridgehead atoms. The van der Waals surface area contributed by atoms with E-state index in [1.54, 1.807) is 4.31 Å². The predicted octanol–water partition coefficient (Wildman–Crippen LogP) is 0.496. The molecule has 1 atom stereocenters. The lowest BCUT2D eigenvalue weighted by Crippen LogP contribution is -2.49. The van der Waals surface area contributed by atoms with Crippen LogP contribution >= 0.6 is 0 Å². The smallest absolute Gasteiger partial charge is 0.218 e. The van der Waals surface area contributed by atoms with Gasteiger partial charge < -0.3 is 5.32 Å². The minimum atomic E-state index is -3.19. The minimum absolute atomic E-state index is 0.113. The van der Waals surface area contributed by atoms with Crippen LogP contribution in [0.25, 0.3) is 0 Å². The molecule has 1 aromatic carbocycles. The molecule has 1 N–H and O–H groups in total. The van der Waals surface area contributed by atoms with Gasteiger partial charge in [-0.2, -0.15) is 0 Å². The van der Waals surface area contributed by atoms with Gasteiger partial charge >= 0.3 is 0 Å². The van der Waals surface area contributed by atoms with Crippen LogP contribution in [0.15, 0.2) is 30.3 Å². The normalized spacial score (nSPS) is 25.2. The van der Waals surface area contributed by atoms with E-state index in [9.17, 15) is 8.42 Å². The lowest BCUT2D eigenvalue weighted by Gasteiger charge is -2.32. The molecule has 6 heteroatoms. The van der Waals surface area contributed by atoms with E-state index in [1.165, 1.54) is 0 Å². The Bertz CT molecular complexity index is 556. The predicted molar refractivity (Wildman–Crippen MR) is 83.5 cm³/mol. The molecule has 2 aliphatic rings. The van der Waals surface area contributed by atoms with Gasteiger partial charge in [-0.25, -0.2) is 12.7 Å². The standard InChI is InChI=1S/C15H23N3O2S/c19-21(20,13-14-4-2-1-3-5-14)18-9-6-15(12-18)17-10-7-16-8-11-17/h1-5,15-16H,6-13H2. The van der Waals surface area contributed by atoms with Gasteiger partial charge in [0.2, 0.25) is 10.0 Å². The molecular weight excluding hydrogens is 286 g/mol. The van der Waals surface area contributed by atoms with Crippen molar-refractivity contribution in [3.05, 3.63) is 35.9 Å². The van der Waals surface area contributed by atoms with Gasteiger partial charge in [-0.15, -0.1) is 0 Å². The number of rotatable bonds is 4. The van der Waals surface area contributed by atoms with Crippen molar-refractivity contribution in [2.45, 2.75) is 18.2 Å². The second-order valence-corrected chi connectivity index (χ2v) is 7.80. The average molecular weight is 309 g/mol. The maximum Gasteiger partial charge on any atom is 0.218 e. The molecule has 5 nitrogen and oxygen atoms in total. The number of benzene rings is 1. The molecule has 0 spiro atoms. The summed E-state index contributed by atoms with van der Waals surface area (Å²) in [5.41, 5.74) is 0.864. The first-order valence-corrected chi connectivity index (χ1v) is 9.22. The van der Waals surface area contributed by atoms with Crippen molar-refractivity contribution in [1.82, 2.24) is 14.5 Å². The first-order chi connectivity index (χ1) is 10.1. The molecule has 0 saturated carbocycles. The van der Waals surface area contributed by atoms with Gasteiger partial charge in [0, 0.05) is 45.3 Å². The molecule has 0 aromatic heterocycles. The third-order valence-electron chi connectivity index (χ3n) is 4.38. The Balaban J connectivity index is 1.62. The van der Waals surface area contributed by atoms with E-state index >= 15 is 0 Å². The van der Waals surface area contributed by atoms with Crippen molar-refractivity contribution < 1.29 is 8.42 Å². The summed E-state index contributed by atoms with van der Waals surface area (Å²) in [6.45, 7) is 5.37. The molecule has 2 aliphatic heterocycles. The summed E-state index contributed by atoms with van der Waals surface area (Å²) < 4.78 is 26.7. The summed E-state index contributed by atoms with van der Waals surface area (Å²) in [5, 5.41) is 3.34. The maximum absolute atomic E-state index is 12.5. The summed E-state index contributed by atoms with van der Waals surface area (Å²) in [7, 11) is -3.19. The highest BCUT2D eigenvalue weighted by molar-refractivity contribution is 7.88. The Hall–Kier alpha value is -0.950. The second kappa shape index (κ2) is 6.44. The van der Waals surface area contributed by atoms with E-state index < -0.39 is 10.0 Å². The number of hydrogen-bond donors (Lipinski definition) is 1. The lowest BCUT2D eigenvalue weighted by atomic mass is 10.2. The highest BCUT2D eigenvalue weighted by Gasteiger charge is 2.34. The van der Waals surface area contributed by atoms with Gasteiger partial charge in [-0.3, -0.25) is 4.90 Å². The fourth-order valence-corrected chi connectivity index (χ4v) is 4.76. The fourth-order valence-electron chi connectivity index (χ4n) is 3.18. The summed E-state index contributed by atoms with van der Waals surface area (Å²) in [4.78, 5) is 2.43. The van der Waals surface area contributed by atoms with Crippen LogP contribution in [-0.4, -0.2) is 62.9 Å². The maximum atomic E-state index is 12.5. The van der Waals surface area contributed by atoms with Gasteiger partial charge in [0.05, 0.1) is 5.75 Å². The molecule has 21 heavy (non-hydrogen) atoms. The second-order valence-electron chi connectivity index (χ2n) is 5.83. The Kier molecular flexibility index (Phi) is 4.59. The molecule has 0 radical (unpaired) electrons. The van der Waals surface area contributed by atoms with Crippen molar-refractivity contribution in [1.29, 1.82) is 0 Å². The van der Waals surface area contributed by atoms with Crippen LogP contribution in [0.4, 0.5) is 0 Å². The summed E-state index contributed by atoms with van der Waals surface area (Å²) in [6.07, 6.45) is 0.952. The number of sulfonamides is 1. The van der Waals surface area contributed by atoms with Crippen LogP contribution in [-0.2, 0) is 15.8 Å². The van der Waals surface area contributed by atoms with Gasteiger partial charge in [0.25, 0.3) is 0 Å². The third kappa shape index (κ3) is 3.63. The van der Waals surface area contributed by atoms with E-state index in [-0.39, 0.29) is 5.75 Å². The van der Waals surface area contributed by atoms with Crippen LogP contribution in [0, 0.1) is 0 Å². The molecule has 2 saturated heterocycles. The Morgan fingerprint density at radius 3 is 2.52 bits per heavy atom. The zero-order valence-corrected chi connectivity index (χ0v) is 13.1. The number of nitrogens with one attached hydrogen (secondary N) is 1. The average Bonchev–Trinajstić information content (AvgIpc) is 2.99. The Morgan fingerprint density at radius 1 is 1.10 bits per heavy atom. The van der Waals surface area contributed by atoms with Crippen molar-refractivity contribution in [2.24, 2.45) is 0 Å². The molecule has 0 aliphatic carbocycles. The number of piperazine rings is 1. The lowest BCUT2D eigenvalue weighted by molar-refractivity contribution is 0.179. The topological polar surface area (TPSA) is 52.7 Å². The fraction of sp³-hybridized carbons (Fsp3) is 0.600. The molecule has 1 unspecified atom stereocenters. The zero-order chi connectivity index (χ0) is 14.7. The van der Waals surface area contributed by atoms with Gasteiger partial charge in [-0.05, 0) is 12.0 Å². The molecule has 2 heterocycles. The van der Waals surface area contributed by atoms with Crippen LogP contribution in [0.1, 0.15) is 12.0 Å². The number of hydrogen-bond acceptors (Lipinski definition) is 4. The van der Waals surface area contributed by atoms with E-state index in [0.717, 1.165) is 38.2 Å². The molecule has 116 valence electrons. The van der Waals surface area contributed by atoms with Gasteiger partial charge in [-0.1, -0.05) is 30.3 Å². The van der Waals surface area contributed by atoms with Crippen molar-refractivity contribution in [2.75, 3.05) is 39.3 Å². The van der Waals surface area contributed by atoms with Crippen molar-refractivity contribution in [3.63, 3.8) is 0 Å². The molecule has 0 amide bonds. The molecule has 3 rings (SSSR count). The van der Waals surface area contributed by atoms with Crippen LogP contribution in [0.3, 0.4) is 0 Å². The molecule has 1 aromatic rings. The van der Waals surface area contributed by atoms with Gasteiger partial charge in [0.15, 0.2) is 0 Å². The highest BCUT2D eigenvalue weighted by atomic mass is 32.2. The molecule has 2 fully saturated rings. The summed E-state index contributed by atoms with van der Waals surface area (Å²) in [5.74, 6) is 0.113. The van der Waals surface area contributed by atoms with E-state index in [2.05, 4.69) is 10.2 Å². The number of nitrogens with zero attached hydrogens (tertiary/aromatic N) is 2. The summed E-state index contributed by atoms with van der Waals surface area (Å²) in [6, 6.07) is 9.82. The van der Waals surface area contributed by atoms with Crippen molar-refractivity contribution >= 4 is 10.0 Å². The molecular formula is C15H23N3O2S. The highest BCUT2D eigenvalue weighted by Crippen LogP contribution is 2.21. The third-order valence-corrected chi connectivity index (χ3v) is 6.20. The van der Waals surface area contributed by atoms with Crippen LogP contribution < -0.4 is 5.32 Å². The summed E-state index contributed by atoms with van der Waals surface area (Å²) >= 11 is 0. The zero-order valence-electron chi connectivity index (χ0n) is 12.2. The van der Waals surface area contributed by atoms with E-state index in [4.69, 9.17) is 0 Å². The Morgan fingerprint density at radius 2 is 1.81 bits per heavy atom. The van der Waals surface area contributed by atoms with Crippen molar-refractivity contribution in [3.8, 4) is 0 Å². The monoisotopic (exact) mass is 309 g/mol. The largest absolute Gasteiger partial charge is 0.314 e. The first kappa shape index (κ1) is 15.0. The SMILES string of the molecule is O=S(=O)(Cc1ccccc1)N1CCC(N2CCNCC2)C1. The van der Waals surface area contributed by atoms with Crippen LogP contribution in [0.2, 0.25) is 0 Å². The van der Waals surface area contributed by atoms with E-state index in [1.807, 2.05) is 30.3 Å². The first-order valence-electron chi connectivity index (χ1n) is 7.62. The minimum Gasteiger partial charge on any atom is -0.314 e.